The van der Waals surface area contributed by atoms with E-state index in [-0.39, 0.29) is 29.7 Å². The van der Waals surface area contributed by atoms with Crippen LogP contribution in [-0.4, -0.2) is 63.2 Å². The van der Waals surface area contributed by atoms with E-state index in [9.17, 15) is 24.9 Å². The maximum atomic E-state index is 12.5. The van der Waals surface area contributed by atoms with Crippen LogP contribution in [0.1, 0.15) is 73.1 Å². The van der Waals surface area contributed by atoms with Crippen LogP contribution in [-0.2, 0) is 14.3 Å². The Labute approximate surface area is 219 Å². The summed E-state index contributed by atoms with van der Waals surface area (Å²) in [7, 11) is 0. The van der Waals surface area contributed by atoms with Gasteiger partial charge in [0.1, 0.15) is 6.10 Å². The van der Waals surface area contributed by atoms with Crippen molar-refractivity contribution in [3.05, 3.63) is 22.8 Å². The molecule has 4 saturated carbocycles. The van der Waals surface area contributed by atoms with Gasteiger partial charge in [-0.2, -0.15) is 0 Å². The molecule has 4 rings (SSSR count). The van der Waals surface area contributed by atoms with Crippen molar-refractivity contribution >= 4 is 11.9 Å². The van der Waals surface area contributed by atoms with E-state index in [1.54, 1.807) is 0 Å². The van der Waals surface area contributed by atoms with Gasteiger partial charge in [0.2, 0.25) is 0 Å². The molecule has 0 heterocycles. The molecule has 0 radical (unpaired) electrons. The minimum atomic E-state index is -1.05. The maximum absolute atomic E-state index is 12.5. The molecule has 0 saturated heterocycles. The van der Waals surface area contributed by atoms with Crippen LogP contribution in [0, 0.1) is 28.6 Å². The molecule has 0 aliphatic heterocycles. The van der Waals surface area contributed by atoms with E-state index in [2.05, 4.69) is 13.8 Å². The molecule has 208 valence electrons. The SMILES string of the molecule is CC(=O)O[C@H]1C[C@@]2(C)[C@@H](C[C@@H](O)[C@H]3[C@@]4(C)C[C@@H](N)[C@@H](O)[C@@H](N)[C@@H]4CC[C@@]32N)/C1=C(\CC=C(C)C)C(=O)O. The summed E-state index contributed by atoms with van der Waals surface area (Å²) in [6, 6.07) is -1.03. The van der Waals surface area contributed by atoms with Gasteiger partial charge in [0, 0.05) is 36.0 Å². The zero-order chi connectivity index (χ0) is 27.7. The summed E-state index contributed by atoms with van der Waals surface area (Å²) in [4.78, 5) is 24.7. The summed E-state index contributed by atoms with van der Waals surface area (Å²) in [5, 5.41) is 32.6. The van der Waals surface area contributed by atoms with Crippen LogP contribution in [0.4, 0.5) is 0 Å². The number of carbonyl (C=O) groups excluding carboxylic acids is 1. The molecule has 9 N–H and O–H groups in total. The summed E-state index contributed by atoms with van der Waals surface area (Å²) in [5.41, 5.74) is 20.0. The highest BCUT2D eigenvalue weighted by Gasteiger charge is 2.72. The van der Waals surface area contributed by atoms with Crippen molar-refractivity contribution in [2.45, 2.75) is 109 Å². The number of aliphatic carboxylic acids is 1. The maximum Gasteiger partial charge on any atom is 0.331 e. The van der Waals surface area contributed by atoms with Gasteiger partial charge < -0.3 is 37.3 Å². The number of allylic oxidation sites excluding steroid dienone is 2. The van der Waals surface area contributed by atoms with Crippen molar-refractivity contribution in [1.29, 1.82) is 0 Å². The van der Waals surface area contributed by atoms with E-state index in [1.807, 2.05) is 19.9 Å². The molecule has 4 aliphatic carbocycles. The predicted octanol–water partition coefficient (Wildman–Crippen LogP) is 1.60. The average molecular weight is 520 g/mol. The monoisotopic (exact) mass is 519 g/mol. The van der Waals surface area contributed by atoms with Gasteiger partial charge in [0.25, 0.3) is 0 Å². The predicted molar refractivity (Wildman–Crippen MR) is 139 cm³/mol. The first kappa shape index (κ1) is 28.2. The van der Waals surface area contributed by atoms with Gasteiger partial charge in [0.05, 0.1) is 12.2 Å². The lowest BCUT2D eigenvalue weighted by molar-refractivity contribution is -0.196. The molecule has 37 heavy (non-hydrogen) atoms. The number of aliphatic hydroxyl groups is 2. The highest BCUT2D eigenvalue weighted by molar-refractivity contribution is 5.88. The Hall–Kier alpha value is -1.78. The number of hydrogen-bond donors (Lipinski definition) is 6. The number of hydrogen-bond acceptors (Lipinski definition) is 8. The van der Waals surface area contributed by atoms with Crippen molar-refractivity contribution in [1.82, 2.24) is 0 Å². The standard InChI is InChI=1S/C28H45N3O6/c1-13(2)6-7-15(25(35)36)21-17-10-19(33)24-26(4)11-18(29)23(34)22(30)16(26)8-9-28(24,31)27(17,5)12-20(21)37-14(3)32/h6,16-20,22-24,33-34H,7-12,29-31H2,1-5H3,(H,35,36)/b21-15-/t16-,17-,18+,19+,20-,22-,23+,24-,26-,27-,28+/m0/s1. The second kappa shape index (κ2) is 9.45. The van der Waals surface area contributed by atoms with E-state index < -0.39 is 58.7 Å². The summed E-state index contributed by atoms with van der Waals surface area (Å²) in [6.07, 6.45) is 2.13. The number of fused-ring (bicyclic) bond motifs is 5. The van der Waals surface area contributed by atoms with E-state index >= 15 is 0 Å². The minimum absolute atomic E-state index is 0.0493. The van der Waals surface area contributed by atoms with Crippen molar-refractivity contribution in [3.8, 4) is 0 Å². The largest absolute Gasteiger partial charge is 0.478 e. The average Bonchev–Trinajstić information content (AvgIpc) is 3.03. The highest BCUT2D eigenvalue weighted by atomic mass is 16.5. The number of nitrogens with two attached hydrogens (primary N) is 3. The Morgan fingerprint density at radius 2 is 1.78 bits per heavy atom. The fraction of sp³-hybridized carbons (Fsp3) is 0.786. The Morgan fingerprint density at radius 1 is 1.14 bits per heavy atom. The molecule has 4 aliphatic rings. The molecule has 0 unspecified atom stereocenters. The fourth-order valence-electron chi connectivity index (χ4n) is 9.01. The molecule has 0 spiro atoms. The topological polar surface area (TPSA) is 182 Å². The van der Waals surface area contributed by atoms with Gasteiger partial charge in [-0.15, -0.1) is 0 Å². The van der Waals surface area contributed by atoms with Crippen LogP contribution in [0.5, 0.6) is 0 Å². The first-order chi connectivity index (χ1) is 17.1. The molecule has 0 aromatic heterocycles. The third kappa shape index (κ3) is 4.18. The third-order valence-corrected chi connectivity index (χ3v) is 10.6. The quantitative estimate of drug-likeness (QED) is 0.182. The molecule has 9 nitrogen and oxygen atoms in total. The van der Waals surface area contributed by atoms with Gasteiger partial charge in [-0.3, -0.25) is 4.79 Å². The number of ether oxygens (including phenoxy) is 1. The van der Waals surface area contributed by atoms with Crippen LogP contribution in [0.25, 0.3) is 0 Å². The Morgan fingerprint density at radius 3 is 2.35 bits per heavy atom. The summed E-state index contributed by atoms with van der Waals surface area (Å²) >= 11 is 0. The molecule has 0 bridgehead atoms. The fourth-order valence-corrected chi connectivity index (χ4v) is 9.01. The Balaban J connectivity index is 1.86. The molecule has 0 aromatic rings. The summed E-state index contributed by atoms with van der Waals surface area (Å²) < 4.78 is 5.77. The van der Waals surface area contributed by atoms with Crippen molar-refractivity contribution in [2.24, 2.45) is 45.8 Å². The molecule has 4 fully saturated rings. The lowest BCUT2D eigenvalue weighted by Crippen LogP contribution is -2.76. The third-order valence-electron chi connectivity index (χ3n) is 10.6. The van der Waals surface area contributed by atoms with Gasteiger partial charge in [-0.25, -0.2) is 4.79 Å². The minimum Gasteiger partial charge on any atom is -0.478 e. The van der Waals surface area contributed by atoms with Gasteiger partial charge in [0.15, 0.2) is 0 Å². The second-order valence-electron chi connectivity index (χ2n) is 12.9. The van der Waals surface area contributed by atoms with Crippen molar-refractivity contribution in [2.75, 3.05) is 0 Å². The Kier molecular flexibility index (Phi) is 7.21. The summed E-state index contributed by atoms with van der Waals surface area (Å²) in [5.74, 6) is -2.29. The summed E-state index contributed by atoms with van der Waals surface area (Å²) in [6.45, 7) is 9.31. The van der Waals surface area contributed by atoms with Gasteiger partial charge in [-0.1, -0.05) is 25.5 Å². The van der Waals surface area contributed by atoms with E-state index in [1.165, 1.54) is 6.92 Å². The van der Waals surface area contributed by atoms with Gasteiger partial charge >= 0.3 is 11.9 Å². The van der Waals surface area contributed by atoms with Crippen LogP contribution in [0.2, 0.25) is 0 Å². The Bertz CT molecular complexity index is 1020. The number of carboxylic acid groups (broad SMARTS) is 1. The zero-order valence-corrected chi connectivity index (χ0v) is 22.7. The van der Waals surface area contributed by atoms with Crippen molar-refractivity contribution in [3.63, 3.8) is 0 Å². The molecule has 11 atom stereocenters. The smallest absolute Gasteiger partial charge is 0.331 e. The van der Waals surface area contributed by atoms with Crippen LogP contribution in [0.3, 0.4) is 0 Å². The lowest BCUT2D eigenvalue weighted by Gasteiger charge is -2.68. The molecular weight excluding hydrogens is 474 g/mol. The van der Waals surface area contributed by atoms with E-state index in [0.29, 0.717) is 37.7 Å². The number of carboxylic acids is 1. The van der Waals surface area contributed by atoms with Crippen molar-refractivity contribution < 1.29 is 29.6 Å². The number of rotatable bonds is 4. The van der Waals surface area contributed by atoms with Crippen LogP contribution < -0.4 is 17.2 Å². The molecule has 9 heteroatoms. The lowest BCUT2D eigenvalue weighted by atomic mass is 9.39. The normalized spacial score (nSPS) is 48.3. The zero-order valence-electron chi connectivity index (χ0n) is 22.7. The van der Waals surface area contributed by atoms with Crippen LogP contribution in [0.15, 0.2) is 22.8 Å². The molecule has 0 aromatic carbocycles. The van der Waals surface area contributed by atoms with Crippen LogP contribution >= 0.6 is 0 Å². The molecular formula is C28H45N3O6. The first-order valence-corrected chi connectivity index (χ1v) is 13.5. The first-order valence-electron chi connectivity index (χ1n) is 13.5. The van der Waals surface area contributed by atoms with Gasteiger partial charge in [-0.05, 0) is 80.6 Å². The second-order valence-corrected chi connectivity index (χ2v) is 12.9. The highest BCUT2D eigenvalue weighted by Crippen LogP contribution is 2.69. The van der Waals surface area contributed by atoms with E-state index in [0.717, 1.165) is 5.57 Å². The number of carbonyl (C=O) groups is 2. The molecule has 0 amide bonds. The number of esters is 1. The van der Waals surface area contributed by atoms with E-state index in [4.69, 9.17) is 21.9 Å². The number of aliphatic hydroxyl groups excluding tert-OH is 2.